The second kappa shape index (κ2) is 6.27. The molecule has 0 spiro atoms. The van der Waals surface area contributed by atoms with E-state index in [1.165, 1.54) is 6.07 Å². The van der Waals surface area contributed by atoms with Gasteiger partial charge in [0.1, 0.15) is 5.82 Å². The van der Waals surface area contributed by atoms with Crippen LogP contribution in [-0.2, 0) is 11.2 Å². The predicted octanol–water partition coefficient (Wildman–Crippen LogP) is 1.50. The van der Waals surface area contributed by atoms with Crippen molar-refractivity contribution in [3.05, 3.63) is 34.6 Å². The van der Waals surface area contributed by atoms with E-state index in [9.17, 15) is 9.18 Å². The molecule has 0 bridgehead atoms. The average molecular weight is 271 g/mol. The predicted molar refractivity (Wildman–Crippen MR) is 69.4 cm³/mol. The van der Waals surface area contributed by atoms with Crippen molar-refractivity contribution in [2.24, 2.45) is 0 Å². The topological polar surface area (TPSA) is 32.3 Å². The fourth-order valence-corrected chi connectivity index (χ4v) is 2.27. The Labute approximate surface area is 111 Å². The van der Waals surface area contributed by atoms with Crippen LogP contribution in [0.2, 0.25) is 5.02 Å². The summed E-state index contributed by atoms with van der Waals surface area (Å²) < 4.78 is 13.6. The number of carbonyl (C=O) groups excluding carboxylic acids is 1. The maximum Gasteiger partial charge on any atom is 0.151 e. The lowest BCUT2D eigenvalue weighted by atomic mass is 10.1. The van der Waals surface area contributed by atoms with Crippen LogP contribution in [0.1, 0.15) is 5.56 Å². The van der Waals surface area contributed by atoms with Crippen LogP contribution >= 0.6 is 11.6 Å². The summed E-state index contributed by atoms with van der Waals surface area (Å²) in [5.41, 5.74) is 0.377. The first kappa shape index (κ1) is 13.5. The van der Waals surface area contributed by atoms with Crippen LogP contribution in [-0.4, -0.2) is 43.4 Å². The number of hydrogen-bond donors (Lipinski definition) is 1. The van der Waals surface area contributed by atoms with Crippen molar-refractivity contribution in [2.75, 3.05) is 32.7 Å². The second-order valence-electron chi connectivity index (χ2n) is 4.45. The van der Waals surface area contributed by atoms with E-state index in [0.717, 1.165) is 26.2 Å². The number of hydrogen-bond acceptors (Lipinski definition) is 3. The van der Waals surface area contributed by atoms with Gasteiger partial charge in [0.25, 0.3) is 0 Å². The van der Waals surface area contributed by atoms with E-state index in [0.29, 0.717) is 12.1 Å². The van der Waals surface area contributed by atoms with Crippen molar-refractivity contribution < 1.29 is 9.18 Å². The van der Waals surface area contributed by atoms with Crippen LogP contribution < -0.4 is 5.32 Å². The molecule has 1 aromatic rings. The van der Waals surface area contributed by atoms with Gasteiger partial charge < -0.3 is 5.32 Å². The Balaban J connectivity index is 1.92. The van der Waals surface area contributed by atoms with Gasteiger partial charge in [-0.15, -0.1) is 0 Å². The molecule has 1 aliphatic heterocycles. The van der Waals surface area contributed by atoms with Gasteiger partial charge in [-0.2, -0.15) is 0 Å². The first-order valence-electron chi connectivity index (χ1n) is 6.04. The molecular formula is C13H16ClFN2O. The first-order chi connectivity index (χ1) is 8.66. The van der Waals surface area contributed by atoms with E-state index >= 15 is 0 Å². The lowest BCUT2D eigenvalue weighted by Crippen LogP contribution is -2.45. The molecule has 0 atom stereocenters. The minimum absolute atomic E-state index is 0.0260. The molecule has 0 amide bonds. The zero-order valence-electron chi connectivity index (χ0n) is 10.1. The zero-order valence-corrected chi connectivity index (χ0v) is 10.8. The molecular weight excluding hydrogens is 255 g/mol. The fraction of sp³-hybridized carbons (Fsp3) is 0.462. The summed E-state index contributed by atoms with van der Waals surface area (Å²) in [5.74, 6) is -0.453. The number of rotatable bonds is 4. The number of nitrogens with one attached hydrogen (secondary N) is 1. The van der Waals surface area contributed by atoms with Gasteiger partial charge in [-0.25, -0.2) is 4.39 Å². The maximum absolute atomic E-state index is 13.6. The number of benzene rings is 1. The van der Waals surface area contributed by atoms with E-state index in [1.54, 1.807) is 12.1 Å². The molecule has 0 unspecified atom stereocenters. The summed E-state index contributed by atoms with van der Waals surface area (Å²) in [6.07, 6.45) is 0.107. The summed E-state index contributed by atoms with van der Waals surface area (Å²) in [4.78, 5) is 14.0. The minimum Gasteiger partial charge on any atom is -0.314 e. The molecule has 1 aromatic carbocycles. The lowest BCUT2D eigenvalue weighted by Gasteiger charge is -2.26. The number of halogens is 2. The van der Waals surface area contributed by atoms with Crippen molar-refractivity contribution in [1.29, 1.82) is 0 Å². The standard InChI is InChI=1S/C13H16ClFN2O/c14-12-3-1-2-10(13(12)15)8-11(18)9-17-6-4-16-5-7-17/h1-3,16H,4-9H2. The molecule has 18 heavy (non-hydrogen) atoms. The largest absolute Gasteiger partial charge is 0.314 e. The highest BCUT2D eigenvalue weighted by Crippen LogP contribution is 2.18. The van der Waals surface area contributed by atoms with Gasteiger partial charge >= 0.3 is 0 Å². The summed E-state index contributed by atoms with van der Waals surface area (Å²) in [7, 11) is 0. The Hall–Kier alpha value is -0.970. The Morgan fingerprint density at radius 3 is 2.83 bits per heavy atom. The van der Waals surface area contributed by atoms with Gasteiger partial charge in [-0.1, -0.05) is 23.7 Å². The van der Waals surface area contributed by atoms with Crippen LogP contribution in [0, 0.1) is 5.82 Å². The zero-order chi connectivity index (χ0) is 13.0. The molecule has 1 aliphatic rings. The van der Waals surface area contributed by atoms with Crippen LogP contribution in [0.5, 0.6) is 0 Å². The third-order valence-corrected chi connectivity index (χ3v) is 3.32. The van der Waals surface area contributed by atoms with E-state index in [-0.39, 0.29) is 17.2 Å². The van der Waals surface area contributed by atoms with Gasteiger partial charge in [0, 0.05) is 32.6 Å². The van der Waals surface area contributed by atoms with Gasteiger partial charge in [0.05, 0.1) is 11.6 Å². The van der Waals surface area contributed by atoms with Gasteiger partial charge in [-0.3, -0.25) is 9.69 Å². The van der Waals surface area contributed by atoms with E-state index in [2.05, 4.69) is 10.2 Å². The molecule has 98 valence electrons. The molecule has 0 aromatic heterocycles. The van der Waals surface area contributed by atoms with Crippen LogP contribution in [0.4, 0.5) is 4.39 Å². The average Bonchev–Trinajstić information content (AvgIpc) is 2.36. The minimum atomic E-state index is -0.479. The van der Waals surface area contributed by atoms with E-state index < -0.39 is 5.82 Å². The Kier molecular flexibility index (Phi) is 4.69. The van der Waals surface area contributed by atoms with Gasteiger partial charge in [-0.05, 0) is 11.6 Å². The highest BCUT2D eigenvalue weighted by Gasteiger charge is 2.15. The molecule has 0 radical (unpaired) electrons. The molecule has 1 heterocycles. The number of piperazine rings is 1. The maximum atomic E-state index is 13.6. The number of ketones is 1. The molecule has 1 saturated heterocycles. The Morgan fingerprint density at radius 1 is 1.39 bits per heavy atom. The van der Waals surface area contributed by atoms with E-state index in [1.807, 2.05) is 0 Å². The smallest absolute Gasteiger partial charge is 0.151 e. The van der Waals surface area contributed by atoms with E-state index in [4.69, 9.17) is 11.6 Å². The number of nitrogens with zero attached hydrogens (tertiary/aromatic N) is 1. The molecule has 1 fully saturated rings. The van der Waals surface area contributed by atoms with Crippen LogP contribution in [0.15, 0.2) is 18.2 Å². The number of Topliss-reactive ketones (excluding diaryl/α,β-unsaturated/α-hetero) is 1. The van der Waals surface area contributed by atoms with Crippen LogP contribution in [0.3, 0.4) is 0 Å². The summed E-state index contributed by atoms with van der Waals surface area (Å²) >= 11 is 5.68. The third kappa shape index (κ3) is 3.51. The van der Waals surface area contributed by atoms with Crippen molar-refractivity contribution in [3.8, 4) is 0 Å². The summed E-state index contributed by atoms with van der Waals surface area (Å²) in [6, 6.07) is 4.76. The SMILES string of the molecule is O=C(Cc1cccc(Cl)c1F)CN1CCNCC1. The summed E-state index contributed by atoms with van der Waals surface area (Å²) in [5, 5.41) is 3.30. The quantitative estimate of drug-likeness (QED) is 0.900. The monoisotopic (exact) mass is 270 g/mol. The van der Waals surface area contributed by atoms with Crippen LogP contribution in [0.25, 0.3) is 0 Å². The highest BCUT2D eigenvalue weighted by atomic mass is 35.5. The third-order valence-electron chi connectivity index (χ3n) is 3.03. The molecule has 3 nitrogen and oxygen atoms in total. The highest BCUT2D eigenvalue weighted by molar-refractivity contribution is 6.30. The fourth-order valence-electron chi connectivity index (χ4n) is 2.07. The summed E-state index contributed by atoms with van der Waals surface area (Å²) in [6.45, 7) is 3.92. The molecule has 5 heteroatoms. The number of carbonyl (C=O) groups is 1. The Morgan fingerprint density at radius 2 is 2.11 bits per heavy atom. The lowest BCUT2D eigenvalue weighted by molar-refractivity contribution is -0.119. The van der Waals surface area contributed by atoms with Crippen molar-refractivity contribution >= 4 is 17.4 Å². The molecule has 0 saturated carbocycles. The van der Waals surface area contributed by atoms with Crippen molar-refractivity contribution in [1.82, 2.24) is 10.2 Å². The Bertz CT molecular complexity index is 433. The normalized spacial score (nSPS) is 16.8. The second-order valence-corrected chi connectivity index (χ2v) is 4.86. The van der Waals surface area contributed by atoms with Gasteiger partial charge in [0.2, 0.25) is 0 Å². The molecule has 2 rings (SSSR count). The van der Waals surface area contributed by atoms with Crippen molar-refractivity contribution in [3.63, 3.8) is 0 Å². The van der Waals surface area contributed by atoms with Gasteiger partial charge in [0.15, 0.2) is 5.78 Å². The molecule has 1 N–H and O–H groups in total. The van der Waals surface area contributed by atoms with Crippen molar-refractivity contribution in [2.45, 2.75) is 6.42 Å². The molecule has 0 aliphatic carbocycles. The first-order valence-corrected chi connectivity index (χ1v) is 6.42.